The van der Waals surface area contributed by atoms with Gasteiger partial charge in [-0.3, -0.25) is 0 Å². The first-order chi connectivity index (χ1) is 13.8. The first-order valence-electron chi connectivity index (χ1n) is 8.81. The Morgan fingerprint density at radius 3 is 2.24 bits per heavy atom. The molecule has 2 N–H and O–H groups in total. The molecule has 29 heavy (non-hydrogen) atoms. The van der Waals surface area contributed by atoms with Gasteiger partial charge in [0.05, 0.1) is 26.4 Å². The van der Waals surface area contributed by atoms with Crippen LogP contribution >= 0.6 is 0 Å². The fraction of sp³-hybridized carbons (Fsp3) is 0.350. The molecule has 0 fully saturated rings. The summed E-state index contributed by atoms with van der Waals surface area (Å²) in [6.45, 7) is 1.16. The molecule has 1 aliphatic rings. The smallest absolute Gasteiger partial charge is 0.458 e. The second kappa shape index (κ2) is 8.30. The highest BCUT2D eigenvalue weighted by atomic mass is 19.4. The summed E-state index contributed by atoms with van der Waals surface area (Å²) in [6.07, 6.45) is -5.65. The van der Waals surface area contributed by atoms with E-state index in [-0.39, 0.29) is 5.71 Å². The predicted octanol–water partition coefficient (Wildman–Crippen LogP) is 3.37. The van der Waals surface area contributed by atoms with Crippen LogP contribution in [0, 0.1) is 0 Å². The zero-order valence-corrected chi connectivity index (χ0v) is 15.9. The van der Waals surface area contributed by atoms with Crippen LogP contribution in [-0.2, 0) is 17.9 Å². The van der Waals surface area contributed by atoms with E-state index >= 15 is 0 Å². The zero-order chi connectivity index (χ0) is 21.1. The molecule has 0 bridgehead atoms. The lowest BCUT2D eigenvalue weighted by molar-refractivity contribution is -0.355. The SMILES string of the molecule is COc1ccc(CNCc2ccc(C3=NOC(O)(C(F)(F)F)C3)cc2)cc1OC. The normalized spacial score (nSPS) is 18.9. The average Bonchev–Trinajstić information content (AvgIpc) is 3.12. The lowest BCUT2D eigenvalue weighted by Crippen LogP contribution is -2.45. The summed E-state index contributed by atoms with van der Waals surface area (Å²) >= 11 is 0. The Morgan fingerprint density at radius 2 is 1.66 bits per heavy atom. The van der Waals surface area contributed by atoms with Gasteiger partial charge in [0.2, 0.25) is 0 Å². The summed E-state index contributed by atoms with van der Waals surface area (Å²) in [6, 6.07) is 12.5. The van der Waals surface area contributed by atoms with Crippen molar-refractivity contribution in [3.63, 3.8) is 0 Å². The molecule has 0 radical (unpaired) electrons. The molecule has 0 saturated carbocycles. The van der Waals surface area contributed by atoms with Crippen molar-refractivity contribution in [1.82, 2.24) is 5.32 Å². The number of aliphatic hydroxyl groups is 1. The summed E-state index contributed by atoms with van der Waals surface area (Å²) < 4.78 is 48.9. The molecule has 3 rings (SSSR count). The number of rotatable bonds is 7. The number of benzene rings is 2. The minimum Gasteiger partial charge on any atom is -0.493 e. The minimum atomic E-state index is -4.91. The van der Waals surface area contributed by atoms with Gasteiger partial charge in [-0.2, -0.15) is 13.2 Å². The molecule has 6 nitrogen and oxygen atoms in total. The third-order valence-corrected chi connectivity index (χ3v) is 4.55. The molecule has 0 saturated heterocycles. The summed E-state index contributed by atoms with van der Waals surface area (Å²) in [5, 5.41) is 16.2. The number of methoxy groups -OCH3 is 2. The van der Waals surface area contributed by atoms with E-state index in [1.807, 2.05) is 18.2 Å². The molecule has 1 heterocycles. The van der Waals surface area contributed by atoms with Crippen molar-refractivity contribution in [2.24, 2.45) is 5.16 Å². The second-order valence-electron chi connectivity index (χ2n) is 6.58. The van der Waals surface area contributed by atoms with E-state index < -0.39 is 18.4 Å². The maximum atomic E-state index is 12.8. The van der Waals surface area contributed by atoms with Gasteiger partial charge < -0.3 is 24.7 Å². The number of hydrogen-bond donors (Lipinski definition) is 2. The molecule has 0 spiro atoms. The van der Waals surface area contributed by atoms with Crippen LogP contribution in [0.3, 0.4) is 0 Å². The Kier molecular flexibility index (Phi) is 5.99. The van der Waals surface area contributed by atoms with E-state index in [1.54, 1.807) is 38.5 Å². The fourth-order valence-corrected chi connectivity index (χ4v) is 2.89. The third kappa shape index (κ3) is 4.63. The van der Waals surface area contributed by atoms with Gasteiger partial charge in [-0.15, -0.1) is 0 Å². The molecule has 2 aromatic rings. The van der Waals surface area contributed by atoms with E-state index in [2.05, 4.69) is 15.3 Å². The molecular weight excluding hydrogens is 389 g/mol. The van der Waals surface area contributed by atoms with E-state index in [0.717, 1.165) is 11.1 Å². The van der Waals surface area contributed by atoms with Crippen LogP contribution in [-0.4, -0.2) is 37.0 Å². The fourth-order valence-electron chi connectivity index (χ4n) is 2.89. The van der Waals surface area contributed by atoms with Gasteiger partial charge in [0.25, 0.3) is 0 Å². The third-order valence-electron chi connectivity index (χ3n) is 4.55. The lowest BCUT2D eigenvalue weighted by atomic mass is 10.0. The topological polar surface area (TPSA) is 72.3 Å². The van der Waals surface area contributed by atoms with Gasteiger partial charge >= 0.3 is 12.0 Å². The molecule has 1 aliphatic heterocycles. The van der Waals surface area contributed by atoms with Crippen LogP contribution in [0.4, 0.5) is 13.2 Å². The van der Waals surface area contributed by atoms with E-state index in [0.29, 0.717) is 30.2 Å². The van der Waals surface area contributed by atoms with Gasteiger partial charge in [-0.05, 0) is 28.8 Å². The predicted molar refractivity (Wildman–Crippen MR) is 99.8 cm³/mol. The Morgan fingerprint density at radius 1 is 1.03 bits per heavy atom. The van der Waals surface area contributed by atoms with Crippen molar-refractivity contribution in [3.8, 4) is 11.5 Å². The van der Waals surface area contributed by atoms with Gasteiger partial charge in [0.15, 0.2) is 11.5 Å². The Bertz CT molecular complexity index is 884. The van der Waals surface area contributed by atoms with Crippen molar-refractivity contribution in [3.05, 3.63) is 59.2 Å². The van der Waals surface area contributed by atoms with Crippen molar-refractivity contribution < 1.29 is 32.6 Å². The summed E-state index contributed by atoms with van der Waals surface area (Å²) in [4.78, 5) is 4.24. The number of nitrogens with zero attached hydrogens (tertiary/aromatic N) is 1. The van der Waals surface area contributed by atoms with Crippen LogP contribution in [0.5, 0.6) is 11.5 Å². The summed E-state index contributed by atoms with van der Waals surface area (Å²) in [5.74, 6) is -1.96. The summed E-state index contributed by atoms with van der Waals surface area (Å²) in [7, 11) is 3.15. The van der Waals surface area contributed by atoms with Gasteiger partial charge in [0, 0.05) is 13.1 Å². The molecule has 9 heteroatoms. The molecule has 156 valence electrons. The monoisotopic (exact) mass is 410 g/mol. The first kappa shape index (κ1) is 20.9. The zero-order valence-electron chi connectivity index (χ0n) is 15.9. The van der Waals surface area contributed by atoms with Gasteiger partial charge in [-0.1, -0.05) is 35.5 Å². The summed E-state index contributed by atoms with van der Waals surface area (Å²) in [5.41, 5.74) is 2.48. The molecule has 1 unspecified atom stereocenters. The average molecular weight is 410 g/mol. The Hall–Kier alpha value is -2.78. The maximum Gasteiger partial charge on any atom is 0.458 e. The van der Waals surface area contributed by atoms with Crippen LogP contribution in [0.2, 0.25) is 0 Å². The largest absolute Gasteiger partial charge is 0.493 e. The lowest BCUT2D eigenvalue weighted by Gasteiger charge is -2.22. The number of halogens is 3. The highest BCUT2D eigenvalue weighted by Gasteiger charge is 2.60. The highest BCUT2D eigenvalue weighted by Crippen LogP contribution is 2.38. The quantitative estimate of drug-likeness (QED) is 0.732. The van der Waals surface area contributed by atoms with Crippen molar-refractivity contribution in [2.75, 3.05) is 14.2 Å². The molecule has 0 amide bonds. The standard InChI is InChI=1S/C20H21F3N2O4/c1-27-17-8-5-14(9-18(17)28-2)12-24-11-13-3-6-15(7-4-13)16-10-19(26,29-25-16)20(21,22)23/h3-9,24,26H,10-12H2,1-2H3. The minimum absolute atomic E-state index is 0.0506. The van der Waals surface area contributed by atoms with Crippen molar-refractivity contribution in [2.45, 2.75) is 31.5 Å². The highest BCUT2D eigenvalue weighted by molar-refractivity contribution is 6.01. The van der Waals surface area contributed by atoms with Crippen LogP contribution in [0.1, 0.15) is 23.1 Å². The first-order valence-corrected chi connectivity index (χ1v) is 8.81. The van der Waals surface area contributed by atoms with E-state index in [4.69, 9.17) is 9.47 Å². The number of nitrogens with one attached hydrogen (secondary N) is 1. The van der Waals surface area contributed by atoms with Crippen LogP contribution < -0.4 is 14.8 Å². The van der Waals surface area contributed by atoms with Crippen molar-refractivity contribution in [1.29, 1.82) is 0 Å². The molecule has 0 aliphatic carbocycles. The van der Waals surface area contributed by atoms with E-state index in [9.17, 15) is 18.3 Å². The van der Waals surface area contributed by atoms with Crippen LogP contribution in [0.25, 0.3) is 0 Å². The van der Waals surface area contributed by atoms with Crippen molar-refractivity contribution >= 4 is 5.71 Å². The van der Waals surface area contributed by atoms with Gasteiger partial charge in [0.1, 0.15) is 0 Å². The Balaban J connectivity index is 1.55. The number of alkyl halides is 3. The maximum absolute atomic E-state index is 12.8. The number of oxime groups is 1. The molecule has 1 atom stereocenters. The molecular formula is C20H21F3N2O4. The van der Waals surface area contributed by atoms with Gasteiger partial charge in [-0.25, -0.2) is 0 Å². The molecule has 0 aromatic heterocycles. The number of hydrogen-bond acceptors (Lipinski definition) is 6. The van der Waals surface area contributed by atoms with Crippen LogP contribution in [0.15, 0.2) is 47.6 Å². The van der Waals surface area contributed by atoms with E-state index in [1.165, 1.54) is 0 Å². The molecule has 2 aromatic carbocycles. The Labute approximate surface area is 165 Å². The number of ether oxygens (including phenoxy) is 2. The second-order valence-corrected chi connectivity index (χ2v) is 6.58.